The fraction of sp³-hybridized carbons (Fsp3) is 0. The molecule has 0 radical (unpaired) electrons. The molecule has 0 atom stereocenters. The third kappa shape index (κ3) is 5.57. The van der Waals surface area contributed by atoms with Crippen LogP contribution in [-0.2, 0) is 0 Å². The number of anilines is 3. The van der Waals surface area contributed by atoms with E-state index in [-0.39, 0.29) is 0 Å². The number of para-hydroxylation sites is 2. The Morgan fingerprint density at radius 1 is 0.283 bits per heavy atom. The molecule has 0 saturated carbocycles. The predicted octanol–water partition coefficient (Wildman–Crippen LogP) is 16.7. The molecule has 12 aromatic rings. The number of nitrogens with zero attached hydrogens (tertiary/aromatic N) is 1. The van der Waals surface area contributed by atoms with Crippen molar-refractivity contribution < 1.29 is 4.42 Å². The Bertz CT molecular complexity index is 3540. The maximum Gasteiger partial charge on any atom is 0.136 e. The number of benzene rings is 11. The van der Waals surface area contributed by atoms with Crippen LogP contribution in [0.25, 0.3) is 98.4 Å². The van der Waals surface area contributed by atoms with Gasteiger partial charge >= 0.3 is 0 Å². The molecule has 12 rings (SSSR count). The van der Waals surface area contributed by atoms with Gasteiger partial charge in [-0.15, -0.1) is 0 Å². The molecule has 0 N–H and O–H groups in total. The Hall–Kier alpha value is -7.94. The average molecular weight is 764 g/mol. The van der Waals surface area contributed by atoms with Crippen LogP contribution in [0.4, 0.5) is 17.1 Å². The van der Waals surface area contributed by atoms with Crippen molar-refractivity contribution in [3.05, 3.63) is 224 Å². The Morgan fingerprint density at radius 3 is 1.67 bits per heavy atom. The largest absolute Gasteiger partial charge is 0.456 e. The second-order valence-electron chi connectivity index (χ2n) is 15.7. The van der Waals surface area contributed by atoms with E-state index >= 15 is 0 Å². The van der Waals surface area contributed by atoms with Gasteiger partial charge in [-0.2, -0.15) is 0 Å². The van der Waals surface area contributed by atoms with Gasteiger partial charge in [-0.05, 0) is 126 Å². The molecule has 0 saturated heterocycles. The van der Waals surface area contributed by atoms with Gasteiger partial charge in [0.1, 0.15) is 11.2 Å². The molecule has 2 nitrogen and oxygen atoms in total. The minimum atomic E-state index is 0.910. The maximum atomic E-state index is 6.44. The van der Waals surface area contributed by atoms with E-state index in [0.29, 0.717) is 0 Å². The monoisotopic (exact) mass is 763 g/mol. The molecule has 0 amide bonds. The molecular weight excluding hydrogens is 727 g/mol. The van der Waals surface area contributed by atoms with E-state index in [1.165, 1.54) is 59.6 Å². The van der Waals surface area contributed by atoms with E-state index in [0.717, 1.165) is 55.9 Å². The van der Waals surface area contributed by atoms with E-state index < -0.39 is 0 Å². The van der Waals surface area contributed by atoms with Crippen molar-refractivity contribution in [3.8, 4) is 33.4 Å². The van der Waals surface area contributed by atoms with Gasteiger partial charge in [-0.1, -0.05) is 164 Å². The van der Waals surface area contributed by atoms with Gasteiger partial charge in [0.15, 0.2) is 0 Å². The zero-order valence-electron chi connectivity index (χ0n) is 32.7. The van der Waals surface area contributed by atoms with Gasteiger partial charge in [0.25, 0.3) is 0 Å². The van der Waals surface area contributed by atoms with Gasteiger partial charge < -0.3 is 9.32 Å². The summed E-state index contributed by atoms with van der Waals surface area (Å²) < 4.78 is 6.44. The zero-order chi connectivity index (χ0) is 39.6. The molecule has 0 fully saturated rings. The summed E-state index contributed by atoms with van der Waals surface area (Å²) in [5.41, 5.74) is 12.1. The lowest BCUT2D eigenvalue weighted by Gasteiger charge is -2.29. The Balaban J connectivity index is 1.13. The fourth-order valence-corrected chi connectivity index (χ4v) is 9.42. The summed E-state index contributed by atoms with van der Waals surface area (Å²) in [6, 6.07) is 81.4. The van der Waals surface area contributed by atoms with Crippen molar-refractivity contribution in [2.75, 3.05) is 4.90 Å². The molecule has 1 heterocycles. The fourth-order valence-electron chi connectivity index (χ4n) is 9.42. The Kier molecular flexibility index (Phi) is 7.89. The molecule has 0 aliphatic carbocycles. The van der Waals surface area contributed by atoms with Crippen LogP contribution in [0, 0.1) is 0 Å². The van der Waals surface area contributed by atoms with Crippen LogP contribution in [-0.4, -0.2) is 0 Å². The summed E-state index contributed by atoms with van der Waals surface area (Å²) >= 11 is 0. The highest BCUT2D eigenvalue weighted by atomic mass is 16.3. The first kappa shape index (κ1) is 34.1. The van der Waals surface area contributed by atoms with Gasteiger partial charge in [0, 0.05) is 33.1 Å². The summed E-state index contributed by atoms with van der Waals surface area (Å²) in [4.78, 5) is 2.45. The van der Waals surface area contributed by atoms with Gasteiger partial charge in [-0.3, -0.25) is 0 Å². The Labute approximate surface area is 347 Å². The summed E-state index contributed by atoms with van der Waals surface area (Å²) in [5.74, 6) is 0. The van der Waals surface area contributed by atoms with Crippen LogP contribution in [0.3, 0.4) is 0 Å². The van der Waals surface area contributed by atoms with Crippen molar-refractivity contribution in [3.63, 3.8) is 0 Å². The van der Waals surface area contributed by atoms with E-state index in [1.54, 1.807) is 0 Å². The van der Waals surface area contributed by atoms with Crippen LogP contribution in [0.2, 0.25) is 0 Å². The minimum Gasteiger partial charge on any atom is -0.456 e. The lowest BCUT2D eigenvalue weighted by molar-refractivity contribution is 0.669. The molecule has 0 bridgehead atoms. The van der Waals surface area contributed by atoms with E-state index in [9.17, 15) is 0 Å². The molecule has 0 unspecified atom stereocenters. The van der Waals surface area contributed by atoms with Gasteiger partial charge in [-0.25, -0.2) is 0 Å². The highest BCUT2D eigenvalue weighted by molar-refractivity contribution is 6.34. The van der Waals surface area contributed by atoms with Gasteiger partial charge in [0.2, 0.25) is 0 Å². The molecule has 0 aliphatic heterocycles. The SMILES string of the molecule is c1ccc(-c2cc(-c3ccccc3)cc(N(c3ccc4ccccc4c3)c3ccccc3-c3ccc4c5ccccc5c5c(ccc6oc7ccccc7c65)c4c3)c2)cc1. The minimum absolute atomic E-state index is 0.910. The van der Waals surface area contributed by atoms with Crippen LogP contribution in [0.5, 0.6) is 0 Å². The summed E-state index contributed by atoms with van der Waals surface area (Å²) in [5, 5.41) is 12.1. The number of fused-ring (bicyclic) bond motifs is 11. The molecule has 11 aromatic carbocycles. The second kappa shape index (κ2) is 13.9. The van der Waals surface area contributed by atoms with Crippen molar-refractivity contribution in [2.45, 2.75) is 0 Å². The summed E-state index contributed by atoms with van der Waals surface area (Å²) in [6.07, 6.45) is 0. The van der Waals surface area contributed by atoms with Crippen LogP contribution < -0.4 is 4.90 Å². The third-order valence-corrected chi connectivity index (χ3v) is 12.2. The molecule has 280 valence electrons. The van der Waals surface area contributed by atoms with Crippen molar-refractivity contribution in [1.29, 1.82) is 0 Å². The first-order chi connectivity index (χ1) is 29.7. The lowest BCUT2D eigenvalue weighted by atomic mass is 9.89. The van der Waals surface area contributed by atoms with Crippen molar-refractivity contribution in [1.82, 2.24) is 0 Å². The highest BCUT2D eigenvalue weighted by Gasteiger charge is 2.21. The second-order valence-corrected chi connectivity index (χ2v) is 15.7. The van der Waals surface area contributed by atoms with E-state index in [4.69, 9.17) is 4.42 Å². The van der Waals surface area contributed by atoms with Crippen molar-refractivity contribution in [2.24, 2.45) is 0 Å². The first-order valence-corrected chi connectivity index (χ1v) is 20.6. The topological polar surface area (TPSA) is 16.4 Å². The smallest absolute Gasteiger partial charge is 0.136 e. The Morgan fingerprint density at radius 2 is 0.883 bits per heavy atom. The lowest BCUT2D eigenvalue weighted by Crippen LogP contribution is -2.11. The normalized spacial score (nSPS) is 11.7. The summed E-state index contributed by atoms with van der Waals surface area (Å²) in [7, 11) is 0. The predicted molar refractivity (Wildman–Crippen MR) is 255 cm³/mol. The van der Waals surface area contributed by atoms with Crippen LogP contribution in [0.1, 0.15) is 0 Å². The average Bonchev–Trinajstić information content (AvgIpc) is 3.71. The maximum absolute atomic E-state index is 6.44. The zero-order valence-corrected chi connectivity index (χ0v) is 32.7. The number of hydrogen-bond donors (Lipinski definition) is 0. The first-order valence-electron chi connectivity index (χ1n) is 20.6. The van der Waals surface area contributed by atoms with Gasteiger partial charge in [0.05, 0.1) is 5.69 Å². The standard InChI is InChI=1S/C58H37NO/c1-3-15-38(16-4-1)43-33-44(39-17-5-2-6-18-39)36-46(35-43)59(45-29-27-40-19-7-8-20-41(40)34-45)54-25-13-11-21-47(54)42-28-30-49-48-22-9-10-23-50(48)57-51(53(49)37-42)31-32-56-58(57)52-24-12-14-26-55(52)60-56/h1-37H. The number of furan rings is 1. The number of rotatable bonds is 6. The molecule has 0 spiro atoms. The quantitative estimate of drug-likeness (QED) is 0.157. The molecule has 60 heavy (non-hydrogen) atoms. The molecule has 0 aliphatic rings. The highest BCUT2D eigenvalue weighted by Crippen LogP contribution is 2.47. The van der Waals surface area contributed by atoms with Crippen molar-refractivity contribution >= 4 is 82.1 Å². The molecule has 1 aromatic heterocycles. The molecular formula is C58H37NO. The number of hydrogen-bond acceptors (Lipinski definition) is 2. The molecule has 2 heteroatoms. The van der Waals surface area contributed by atoms with Crippen LogP contribution in [0.15, 0.2) is 229 Å². The van der Waals surface area contributed by atoms with E-state index in [2.05, 4.69) is 223 Å². The third-order valence-electron chi connectivity index (χ3n) is 12.2. The van der Waals surface area contributed by atoms with Crippen LogP contribution >= 0.6 is 0 Å². The summed E-state index contributed by atoms with van der Waals surface area (Å²) in [6.45, 7) is 0. The van der Waals surface area contributed by atoms with E-state index in [1.807, 2.05) is 6.07 Å².